The quantitative estimate of drug-likeness (QED) is 0.627. The summed E-state index contributed by atoms with van der Waals surface area (Å²) in [6.45, 7) is 6.24. The van der Waals surface area contributed by atoms with E-state index >= 15 is 0 Å². The highest BCUT2D eigenvalue weighted by Gasteiger charge is 2.43. The second kappa shape index (κ2) is 8.35. The van der Waals surface area contributed by atoms with E-state index in [1.165, 1.54) is 0 Å². The number of halogens is 1. The summed E-state index contributed by atoms with van der Waals surface area (Å²) in [5, 5.41) is 3.96. The van der Waals surface area contributed by atoms with Crippen molar-refractivity contribution in [2.75, 3.05) is 0 Å². The van der Waals surface area contributed by atoms with Gasteiger partial charge >= 0.3 is 5.97 Å². The van der Waals surface area contributed by atoms with E-state index in [0.717, 1.165) is 28.9 Å². The van der Waals surface area contributed by atoms with E-state index in [9.17, 15) is 9.59 Å². The number of rotatable bonds is 4. The van der Waals surface area contributed by atoms with Crippen LogP contribution in [0.3, 0.4) is 0 Å². The molecule has 1 aliphatic carbocycles. The predicted octanol–water partition coefficient (Wildman–Crippen LogP) is 5.69. The average molecular weight is 436 g/mol. The lowest BCUT2D eigenvalue weighted by Crippen LogP contribution is -2.38. The van der Waals surface area contributed by atoms with Gasteiger partial charge in [-0.3, -0.25) is 4.79 Å². The van der Waals surface area contributed by atoms with E-state index in [1.807, 2.05) is 49.4 Å². The third-order valence-corrected chi connectivity index (χ3v) is 6.13. The van der Waals surface area contributed by atoms with Gasteiger partial charge in [0, 0.05) is 34.3 Å². The average Bonchev–Trinajstić information content (AvgIpc) is 2.71. The van der Waals surface area contributed by atoms with Gasteiger partial charge in [-0.05, 0) is 42.0 Å². The van der Waals surface area contributed by atoms with Crippen LogP contribution >= 0.6 is 11.6 Å². The number of nitrogens with one attached hydrogen (secondary N) is 1. The Kier molecular flexibility index (Phi) is 5.76. The van der Waals surface area contributed by atoms with Gasteiger partial charge in [-0.1, -0.05) is 67.9 Å². The fraction of sp³-hybridized carbons (Fsp3) is 0.308. The zero-order valence-corrected chi connectivity index (χ0v) is 18.8. The molecule has 0 amide bonds. The summed E-state index contributed by atoms with van der Waals surface area (Å²) in [6, 6.07) is 16.9. The zero-order valence-electron chi connectivity index (χ0n) is 18.0. The number of hydrogen-bond acceptors (Lipinski definition) is 4. The molecular formula is C26H26ClNO3. The van der Waals surface area contributed by atoms with Crippen molar-refractivity contribution in [3.8, 4) is 0 Å². The van der Waals surface area contributed by atoms with Crippen molar-refractivity contribution in [1.29, 1.82) is 0 Å². The van der Waals surface area contributed by atoms with Crippen LogP contribution in [0.5, 0.6) is 0 Å². The first-order valence-corrected chi connectivity index (χ1v) is 10.8. The molecule has 1 atom stereocenters. The van der Waals surface area contributed by atoms with Crippen molar-refractivity contribution in [2.24, 2.45) is 5.41 Å². The number of ketones is 1. The molecule has 0 spiro atoms. The number of allylic oxidation sites excluding steroid dienone is 3. The number of Topliss-reactive ketones (excluding diaryl/α,β-unsaturated/α-hetero) is 1. The summed E-state index contributed by atoms with van der Waals surface area (Å²) in [4.78, 5) is 26.5. The van der Waals surface area contributed by atoms with Gasteiger partial charge in [0.1, 0.15) is 6.61 Å². The molecule has 0 fully saturated rings. The third-order valence-electron chi connectivity index (χ3n) is 5.88. The van der Waals surface area contributed by atoms with Crippen molar-refractivity contribution in [1.82, 2.24) is 5.32 Å². The zero-order chi connectivity index (χ0) is 22.2. The minimum atomic E-state index is -0.472. The number of dihydropyridines is 1. The van der Waals surface area contributed by atoms with E-state index in [1.54, 1.807) is 12.1 Å². The minimum absolute atomic E-state index is 0.0690. The largest absolute Gasteiger partial charge is 0.457 e. The van der Waals surface area contributed by atoms with E-state index in [0.29, 0.717) is 22.6 Å². The molecule has 2 aliphatic rings. The Morgan fingerprint density at radius 1 is 1.10 bits per heavy atom. The van der Waals surface area contributed by atoms with Gasteiger partial charge in [-0.25, -0.2) is 4.79 Å². The molecule has 1 heterocycles. The number of benzene rings is 2. The number of carbonyl (C=O) groups is 2. The van der Waals surface area contributed by atoms with Crippen LogP contribution in [0.1, 0.15) is 50.7 Å². The van der Waals surface area contributed by atoms with Gasteiger partial charge in [0.2, 0.25) is 0 Å². The Hall–Kier alpha value is -2.85. The van der Waals surface area contributed by atoms with Crippen LogP contribution in [0.2, 0.25) is 5.02 Å². The predicted molar refractivity (Wildman–Crippen MR) is 121 cm³/mol. The number of hydrogen-bond donors (Lipinski definition) is 1. The van der Waals surface area contributed by atoms with Crippen molar-refractivity contribution in [2.45, 2.75) is 46.1 Å². The van der Waals surface area contributed by atoms with E-state index in [2.05, 4.69) is 19.2 Å². The molecular weight excluding hydrogens is 410 g/mol. The van der Waals surface area contributed by atoms with E-state index in [-0.39, 0.29) is 17.8 Å². The maximum Gasteiger partial charge on any atom is 0.337 e. The van der Waals surface area contributed by atoms with E-state index < -0.39 is 11.9 Å². The smallest absolute Gasteiger partial charge is 0.337 e. The van der Waals surface area contributed by atoms with Gasteiger partial charge < -0.3 is 10.1 Å². The van der Waals surface area contributed by atoms with Crippen molar-refractivity contribution >= 4 is 23.4 Å². The van der Waals surface area contributed by atoms with Crippen LogP contribution in [-0.2, 0) is 20.9 Å². The summed E-state index contributed by atoms with van der Waals surface area (Å²) in [7, 11) is 0. The topological polar surface area (TPSA) is 55.4 Å². The molecule has 5 heteroatoms. The van der Waals surface area contributed by atoms with Crippen LogP contribution in [0.25, 0.3) is 0 Å². The van der Waals surface area contributed by atoms with Crippen molar-refractivity contribution < 1.29 is 14.3 Å². The molecule has 4 nitrogen and oxygen atoms in total. The second-order valence-corrected chi connectivity index (χ2v) is 9.48. The molecule has 160 valence electrons. The minimum Gasteiger partial charge on any atom is -0.457 e. The summed E-state index contributed by atoms with van der Waals surface area (Å²) in [5.41, 5.74) is 4.41. The van der Waals surface area contributed by atoms with E-state index in [4.69, 9.17) is 16.3 Å². The first-order chi connectivity index (χ1) is 14.7. The highest BCUT2D eigenvalue weighted by molar-refractivity contribution is 6.30. The molecule has 1 N–H and O–H groups in total. The molecule has 1 aliphatic heterocycles. The molecule has 0 radical (unpaired) electrons. The SMILES string of the molecule is CC1=C(C(=O)OCc2ccccc2)C(c2ccc(Cl)cc2)C2=C(CC(C)(C)CC2=O)N1. The Balaban J connectivity index is 1.73. The normalized spacial score (nSPS) is 20.3. The molecule has 2 aromatic carbocycles. The Labute approximate surface area is 187 Å². The molecule has 4 rings (SSSR count). The maximum absolute atomic E-state index is 13.3. The molecule has 0 saturated heterocycles. The lowest BCUT2D eigenvalue weighted by atomic mass is 9.68. The maximum atomic E-state index is 13.3. The number of carbonyl (C=O) groups excluding carboxylic acids is 2. The molecule has 0 bridgehead atoms. The van der Waals surface area contributed by atoms with Gasteiger partial charge in [-0.2, -0.15) is 0 Å². The third kappa shape index (κ3) is 4.45. The fourth-order valence-corrected chi connectivity index (χ4v) is 4.62. The Bertz CT molecular complexity index is 1080. The Morgan fingerprint density at radius 2 is 1.77 bits per heavy atom. The van der Waals surface area contributed by atoms with Crippen LogP contribution in [0.15, 0.2) is 77.1 Å². The van der Waals surface area contributed by atoms with Gasteiger partial charge in [0.05, 0.1) is 5.57 Å². The van der Waals surface area contributed by atoms with Crippen LogP contribution < -0.4 is 5.32 Å². The first-order valence-electron chi connectivity index (χ1n) is 10.5. The molecule has 31 heavy (non-hydrogen) atoms. The lowest BCUT2D eigenvalue weighted by Gasteiger charge is -2.39. The standard InChI is InChI=1S/C26H26ClNO3/c1-16-22(25(30)31-15-17-7-5-4-6-8-17)23(18-9-11-19(27)12-10-18)24-20(28-16)13-26(2,3)14-21(24)29/h4-12,23,28H,13-15H2,1-3H3. The molecule has 2 aromatic rings. The van der Waals surface area contributed by atoms with Crippen LogP contribution in [0.4, 0.5) is 0 Å². The Morgan fingerprint density at radius 3 is 2.45 bits per heavy atom. The van der Waals surface area contributed by atoms with Crippen LogP contribution in [0, 0.1) is 5.41 Å². The number of esters is 1. The molecule has 1 unspecified atom stereocenters. The fourth-order valence-electron chi connectivity index (χ4n) is 4.50. The molecule has 0 aromatic heterocycles. The highest BCUT2D eigenvalue weighted by Crippen LogP contribution is 2.46. The highest BCUT2D eigenvalue weighted by atomic mass is 35.5. The summed E-state index contributed by atoms with van der Waals surface area (Å²) >= 11 is 6.10. The summed E-state index contributed by atoms with van der Waals surface area (Å²) < 4.78 is 5.67. The second-order valence-electron chi connectivity index (χ2n) is 9.04. The van der Waals surface area contributed by atoms with Gasteiger partial charge in [0.15, 0.2) is 5.78 Å². The summed E-state index contributed by atoms with van der Waals surface area (Å²) in [6.07, 6.45) is 1.20. The monoisotopic (exact) mass is 435 g/mol. The van der Waals surface area contributed by atoms with Crippen molar-refractivity contribution in [3.63, 3.8) is 0 Å². The lowest BCUT2D eigenvalue weighted by molar-refractivity contribution is -0.140. The number of ether oxygens (including phenoxy) is 1. The van der Waals surface area contributed by atoms with Gasteiger partial charge in [-0.15, -0.1) is 0 Å². The van der Waals surface area contributed by atoms with Crippen molar-refractivity contribution in [3.05, 3.63) is 93.3 Å². The summed E-state index contributed by atoms with van der Waals surface area (Å²) in [5.74, 6) is -0.821. The first kappa shape index (κ1) is 21.4. The van der Waals surface area contributed by atoms with Gasteiger partial charge in [0.25, 0.3) is 0 Å². The van der Waals surface area contributed by atoms with Crippen LogP contribution in [-0.4, -0.2) is 11.8 Å². The molecule has 0 saturated carbocycles.